The van der Waals surface area contributed by atoms with E-state index < -0.39 is 9.84 Å². The number of ether oxygens (including phenoxy) is 2. The van der Waals surface area contributed by atoms with E-state index in [1.807, 2.05) is 30.3 Å². The van der Waals surface area contributed by atoms with E-state index in [4.69, 9.17) is 21.1 Å². The minimum atomic E-state index is -3.65. The quantitative estimate of drug-likeness (QED) is 0.273. The van der Waals surface area contributed by atoms with Gasteiger partial charge in [-0.15, -0.1) is 0 Å². The fraction of sp³-hybridized carbons (Fsp3) is 0.536. The summed E-state index contributed by atoms with van der Waals surface area (Å²) in [6.07, 6.45) is 5.71. The van der Waals surface area contributed by atoms with Gasteiger partial charge in [-0.3, -0.25) is 4.79 Å². The highest BCUT2D eigenvalue weighted by Crippen LogP contribution is 2.47. The van der Waals surface area contributed by atoms with Gasteiger partial charge in [-0.2, -0.15) is 0 Å². The number of fused-ring (bicyclic) bond motifs is 1. The zero-order valence-electron chi connectivity index (χ0n) is 21.6. The molecule has 3 rings (SSSR count). The lowest BCUT2D eigenvalue weighted by Gasteiger charge is -2.37. The Morgan fingerprint density at radius 3 is 2.33 bits per heavy atom. The van der Waals surface area contributed by atoms with Crippen molar-refractivity contribution in [2.45, 2.75) is 70.6 Å². The summed E-state index contributed by atoms with van der Waals surface area (Å²) in [5.41, 5.74) is 1.12. The summed E-state index contributed by atoms with van der Waals surface area (Å²) >= 11 is 6.61. The number of unbranched alkanes of at least 4 members (excludes halogenated alkanes) is 2. The van der Waals surface area contributed by atoms with Crippen LogP contribution in [0.5, 0.6) is 5.75 Å². The Balaban J connectivity index is 2.08. The number of rotatable bonds is 12. The number of anilines is 2. The largest absolute Gasteiger partial charge is 0.491 e. The molecule has 0 fully saturated rings. The topological polar surface area (TPSA) is 72.9 Å². The van der Waals surface area contributed by atoms with Gasteiger partial charge in [0.05, 0.1) is 41.0 Å². The van der Waals surface area contributed by atoms with Gasteiger partial charge in [0.15, 0.2) is 9.84 Å². The zero-order valence-corrected chi connectivity index (χ0v) is 23.2. The summed E-state index contributed by atoms with van der Waals surface area (Å²) < 4.78 is 38.6. The lowest BCUT2D eigenvalue weighted by atomic mass is 9.79. The van der Waals surface area contributed by atoms with Crippen molar-refractivity contribution in [1.29, 1.82) is 0 Å². The number of hydrogen-bond donors (Lipinski definition) is 0. The second-order valence-electron chi connectivity index (χ2n) is 9.54. The van der Waals surface area contributed by atoms with Gasteiger partial charge in [0.25, 0.3) is 0 Å². The second-order valence-corrected chi connectivity index (χ2v) is 11.9. The third kappa shape index (κ3) is 6.94. The smallest absolute Gasteiger partial charge is 0.309 e. The number of carbonyl (C=O) groups excluding carboxylic acids is 1. The van der Waals surface area contributed by atoms with Crippen molar-refractivity contribution in [3.63, 3.8) is 0 Å². The molecule has 6 nitrogen and oxygen atoms in total. The summed E-state index contributed by atoms with van der Waals surface area (Å²) in [7, 11) is -3.65. The lowest BCUT2D eigenvalue weighted by Crippen LogP contribution is -2.38. The van der Waals surface area contributed by atoms with Crippen LogP contribution in [0, 0.1) is 5.41 Å². The molecule has 0 saturated heterocycles. The van der Waals surface area contributed by atoms with Crippen LogP contribution < -0.4 is 9.64 Å². The normalized spacial score (nSPS) is 16.2. The molecule has 1 aliphatic rings. The third-order valence-electron chi connectivity index (χ3n) is 6.69. The standard InChI is InChI=1S/C28H38ClNO5S/c1-4-7-15-28(16-8-5-2)20-30(22-12-10-9-11-13-22)24-18-23(29)25(19-26(24)36(32,33)21-28)35-17-14-27(31)34-6-3/h9-13,18-19H,4-8,14-17,20-21H2,1-3H3. The van der Waals surface area contributed by atoms with Crippen molar-refractivity contribution in [2.75, 3.05) is 30.4 Å². The Labute approximate surface area is 220 Å². The van der Waals surface area contributed by atoms with Crippen LogP contribution in [0.3, 0.4) is 0 Å². The maximum atomic E-state index is 13.9. The average molecular weight is 536 g/mol. The van der Waals surface area contributed by atoms with Crippen LogP contribution in [-0.2, 0) is 19.4 Å². The molecular weight excluding hydrogens is 498 g/mol. The first-order chi connectivity index (χ1) is 17.2. The van der Waals surface area contributed by atoms with Crippen molar-refractivity contribution < 1.29 is 22.7 Å². The zero-order chi connectivity index (χ0) is 26.2. The van der Waals surface area contributed by atoms with Gasteiger partial charge in [0.1, 0.15) is 5.75 Å². The van der Waals surface area contributed by atoms with Crippen LogP contribution in [0.4, 0.5) is 11.4 Å². The first-order valence-electron chi connectivity index (χ1n) is 12.9. The van der Waals surface area contributed by atoms with Gasteiger partial charge in [0, 0.05) is 23.7 Å². The third-order valence-corrected chi connectivity index (χ3v) is 8.97. The molecule has 1 aliphatic heterocycles. The molecule has 36 heavy (non-hydrogen) atoms. The minimum absolute atomic E-state index is 0.0523. The first-order valence-corrected chi connectivity index (χ1v) is 15.0. The number of carbonyl (C=O) groups is 1. The molecule has 0 unspecified atom stereocenters. The van der Waals surface area contributed by atoms with E-state index in [-0.39, 0.29) is 40.8 Å². The number of sulfone groups is 1. The highest BCUT2D eigenvalue weighted by atomic mass is 35.5. The van der Waals surface area contributed by atoms with Crippen molar-refractivity contribution >= 4 is 38.8 Å². The lowest BCUT2D eigenvalue weighted by molar-refractivity contribution is -0.143. The van der Waals surface area contributed by atoms with E-state index in [0.29, 0.717) is 23.9 Å². The molecule has 8 heteroatoms. The summed E-state index contributed by atoms with van der Waals surface area (Å²) in [6, 6.07) is 13.1. The van der Waals surface area contributed by atoms with Gasteiger partial charge >= 0.3 is 5.97 Å². The maximum Gasteiger partial charge on any atom is 0.309 e. The Morgan fingerprint density at radius 1 is 1.06 bits per heavy atom. The maximum absolute atomic E-state index is 13.9. The minimum Gasteiger partial charge on any atom is -0.491 e. The first kappa shape index (κ1) is 28.3. The van der Waals surface area contributed by atoms with Gasteiger partial charge in [-0.1, -0.05) is 69.3 Å². The molecule has 0 spiro atoms. The van der Waals surface area contributed by atoms with E-state index in [1.165, 1.54) is 6.07 Å². The molecule has 198 valence electrons. The molecule has 0 aliphatic carbocycles. The van der Waals surface area contributed by atoms with Gasteiger partial charge in [-0.05, 0) is 38.0 Å². The van der Waals surface area contributed by atoms with Crippen molar-refractivity contribution in [1.82, 2.24) is 0 Å². The van der Waals surface area contributed by atoms with Crippen LogP contribution in [0.15, 0.2) is 47.4 Å². The molecule has 0 N–H and O–H groups in total. The number of hydrogen-bond acceptors (Lipinski definition) is 6. The molecule has 0 atom stereocenters. The molecular formula is C28H38ClNO5S. The molecule has 0 amide bonds. The summed E-state index contributed by atoms with van der Waals surface area (Å²) in [4.78, 5) is 14.0. The van der Waals surface area contributed by atoms with E-state index in [0.717, 1.165) is 44.2 Å². The average Bonchev–Trinajstić information content (AvgIpc) is 2.94. The number of halogens is 1. The van der Waals surface area contributed by atoms with Crippen molar-refractivity contribution in [3.05, 3.63) is 47.5 Å². The fourth-order valence-electron chi connectivity index (χ4n) is 4.89. The fourth-order valence-corrected chi connectivity index (χ4v) is 7.22. The molecule has 0 bridgehead atoms. The monoisotopic (exact) mass is 535 g/mol. The number of benzene rings is 2. The van der Waals surface area contributed by atoms with Crippen LogP contribution in [0.25, 0.3) is 0 Å². The van der Waals surface area contributed by atoms with Crippen molar-refractivity contribution in [3.8, 4) is 5.75 Å². The predicted molar refractivity (Wildman–Crippen MR) is 145 cm³/mol. The predicted octanol–water partition coefficient (Wildman–Crippen LogP) is 6.96. The Bertz CT molecular complexity index is 1110. The highest BCUT2D eigenvalue weighted by molar-refractivity contribution is 7.91. The second kappa shape index (κ2) is 12.8. The molecule has 2 aromatic rings. The summed E-state index contributed by atoms with van der Waals surface area (Å²) in [6.45, 7) is 6.97. The van der Waals surface area contributed by atoms with Crippen LogP contribution in [0.2, 0.25) is 5.02 Å². The van der Waals surface area contributed by atoms with E-state index >= 15 is 0 Å². The van der Waals surface area contributed by atoms with E-state index in [9.17, 15) is 13.2 Å². The molecule has 0 saturated carbocycles. The van der Waals surface area contributed by atoms with Gasteiger partial charge in [-0.25, -0.2) is 8.42 Å². The summed E-state index contributed by atoms with van der Waals surface area (Å²) in [5, 5.41) is 0.309. The molecule has 2 aromatic carbocycles. The van der Waals surface area contributed by atoms with Crippen LogP contribution in [-0.4, -0.2) is 39.9 Å². The van der Waals surface area contributed by atoms with Crippen molar-refractivity contribution in [2.24, 2.45) is 5.41 Å². The van der Waals surface area contributed by atoms with E-state index in [2.05, 4.69) is 18.7 Å². The molecule has 1 heterocycles. The Hall–Kier alpha value is -2.25. The molecule has 0 aromatic heterocycles. The Morgan fingerprint density at radius 2 is 1.72 bits per heavy atom. The van der Waals surface area contributed by atoms with Crippen LogP contribution >= 0.6 is 11.6 Å². The highest BCUT2D eigenvalue weighted by Gasteiger charge is 2.42. The SMILES string of the molecule is CCCCC1(CCCC)CN(c2ccccc2)c2cc(Cl)c(OCCC(=O)OCC)cc2S(=O)(=O)C1. The van der Waals surface area contributed by atoms with E-state index in [1.54, 1.807) is 13.0 Å². The van der Waals surface area contributed by atoms with Gasteiger partial charge in [0.2, 0.25) is 0 Å². The number of esters is 1. The van der Waals surface area contributed by atoms with Crippen LogP contribution in [0.1, 0.15) is 65.7 Å². The summed E-state index contributed by atoms with van der Waals surface area (Å²) in [5.74, 6) is -0.0333. The molecule has 0 radical (unpaired) electrons. The Kier molecular flexibility index (Phi) is 10.1. The number of nitrogens with zero attached hydrogens (tertiary/aromatic N) is 1. The number of para-hydroxylation sites is 1. The van der Waals surface area contributed by atoms with Gasteiger partial charge < -0.3 is 14.4 Å².